The summed E-state index contributed by atoms with van der Waals surface area (Å²) in [6.07, 6.45) is 0. The number of hydrogen-bond acceptors (Lipinski definition) is 7. The molecule has 1 aliphatic heterocycles. The minimum atomic E-state index is -0.467. The summed E-state index contributed by atoms with van der Waals surface area (Å²) in [5, 5.41) is 5.25. The van der Waals surface area contributed by atoms with Gasteiger partial charge in [-0.1, -0.05) is 12.1 Å². The lowest BCUT2D eigenvalue weighted by atomic mass is 10.1. The topological polar surface area (TPSA) is 75.0 Å². The molecule has 1 aliphatic rings. The van der Waals surface area contributed by atoms with Crippen LogP contribution in [0, 0.1) is 20.8 Å². The van der Waals surface area contributed by atoms with Crippen molar-refractivity contribution in [1.82, 2.24) is 4.90 Å². The Hall–Kier alpha value is -3.10. The molecule has 1 N–H and O–H groups in total. The molecule has 0 saturated carbocycles. The van der Waals surface area contributed by atoms with Crippen molar-refractivity contribution in [3.8, 4) is 11.3 Å². The highest BCUT2D eigenvalue weighted by atomic mass is 32.1. The predicted molar refractivity (Wildman–Crippen MR) is 136 cm³/mol. The number of piperazine rings is 1. The minimum Gasteiger partial charge on any atom is -0.462 e. The lowest BCUT2D eigenvalue weighted by Crippen LogP contribution is -2.48. The van der Waals surface area contributed by atoms with Gasteiger partial charge in [0.2, 0.25) is 5.91 Å². The molecule has 1 fully saturated rings. The maximum atomic E-state index is 12.9. The molecule has 180 valence electrons. The molecule has 0 aliphatic carbocycles. The number of carbonyl (C=O) groups excluding carboxylic acids is 2. The highest BCUT2D eigenvalue weighted by Crippen LogP contribution is 2.37. The number of esters is 1. The van der Waals surface area contributed by atoms with E-state index in [2.05, 4.69) is 47.2 Å². The van der Waals surface area contributed by atoms with E-state index in [1.807, 2.05) is 24.4 Å². The zero-order valence-electron chi connectivity index (χ0n) is 20.1. The zero-order chi connectivity index (χ0) is 24.2. The molecule has 1 aromatic carbocycles. The van der Waals surface area contributed by atoms with Crippen molar-refractivity contribution in [2.24, 2.45) is 0 Å². The van der Waals surface area contributed by atoms with Crippen LogP contribution in [-0.2, 0) is 9.53 Å². The van der Waals surface area contributed by atoms with Gasteiger partial charge < -0.3 is 19.4 Å². The van der Waals surface area contributed by atoms with Crippen LogP contribution in [0.25, 0.3) is 11.3 Å². The molecule has 0 unspecified atom stereocenters. The van der Waals surface area contributed by atoms with E-state index in [0.29, 0.717) is 21.9 Å². The van der Waals surface area contributed by atoms with Gasteiger partial charge in [0.15, 0.2) is 0 Å². The summed E-state index contributed by atoms with van der Waals surface area (Å²) in [4.78, 5) is 30.1. The van der Waals surface area contributed by atoms with Crippen LogP contribution in [0.1, 0.15) is 34.2 Å². The van der Waals surface area contributed by atoms with Gasteiger partial charge >= 0.3 is 5.97 Å². The molecule has 8 heteroatoms. The summed E-state index contributed by atoms with van der Waals surface area (Å²) in [5.41, 5.74) is 4.84. The van der Waals surface area contributed by atoms with Gasteiger partial charge in [-0.05, 0) is 57.0 Å². The van der Waals surface area contributed by atoms with E-state index < -0.39 is 5.97 Å². The van der Waals surface area contributed by atoms with Crippen molar-refractivity contribution in [1.29, 1.82) is 0 Å². The van der Waals surface area contributed by atoms with Crippen molar-refractivity contribution < 1.29 is 18.7 Å². The van der Waals surface area contributed by atoms with Crippen molar-refractivity contribution >= 4 is 33.9 Å². The highest BCUT2D eigenvalue weighted by Gasteiger charge is 2.26. The van der Waals surface area contributed by atoms with E-state index in [4.69, 9.17) is 9.15 Å². The van der Waals surface area contributed by atoms with Gasteiger partial charge in [-0.2, -0.15) is 0 Å². The average molecular weight is 482 g/mol. The Bertz CT molecular complexity index is 1170. The lowest BCUT2D eigenvalue weighted by molar-refractivity contribution is -0.117. The first-order valence-electron chi connectivity index (χ1n) is 11.6. The maximum absolute atomic E-state index is 12.9. The number of nitrogens with one attached hydrogen (secondary N) is 1. The SMILES string of the molecule is CCOC(=O)c1c(-c2ccc(C)o2)csc1NC(=O)CN1CCN(c2cccc(C)c2C)CC1. The summed E-state index contributed by atoms with van der Waals surface area (Å²) in [5.74, 6) is 0.724. The second-order valence-corrected chi connectivity index (χ2v) is 9.39. The molecule has 4 rings (SSSR count). The van der Waals surface area contributed by atoms with Crippen molar-refractivity contribution in [3.05, 3.63) is 58.2 Å². The molecule has 0 spiro atoms. The first-order chi connectivity index (χ1) is 16.4. The number of furan rings is 1. The molecule has 0 radical (unpaired) electrons. The van der Waals surface area contributed by atoms with Crippen molar-refractivity contribution in [2.45, 2.75) is 27.7 Å². The third kappa shape index (κ3) is 5.18. The van der Waals surface area contributed by atoms with Crippen LogP contribution in [0.5, 0.6) is 0 Å². The van der Waals surface area contributed by atoms with Gasteiger partial charge in [-0.3, -0.25) is 9.69 Å². The number of ether oxygens (including phenoxy) is 1. The van der Waals surface area contributed by atoms with Crippen molar-refractivity contribution in [2.75, 3.05) is 49.5 Å². The van der Waals surface area contributed by atoms with E-state index in [0.717, 1.165) is 31.9 Å². The summed E-state index contributed by atoms with van der Waals surface area (Å²) in [6, 6.07) is 10.1. The van der Waals surface area contributed by atoms with Crippen molar-refractivity contribution in [3.63, 3.8) is 0 Å². The van der Waals surface area contributed by atoms with Crippen LogP contribution in [-0.4, -0.2) is 56.1 Å². The van der Waals surface area contributed by atoms with Crippen LogP contribution in [0.3, 0.4) is 0 Å². The number of rotatable bonds is 7. The molecular formula is C26H31N3O4S. The Morgan fingerprint density at radius 3 is 2.53 bits per heavy atom. The molecule has 3 aromatic rings. The number of benzene rings is 1. The summed E-state index contributed by atoms with van der Waals surface area (Å²) in [6.45, 7) is 11.8. The minimum absolute atomic E-state index is 0.144. The molecule has 0 bridgehead atoms. The third-order valence-electron chi connectivity index (χ3n) is 6.19. The summed E-state index contributed by atoms with van der Waals surface area (Å²) >= 11 is 1.31. The fourth-order valence-corrected chi connectivity index (χ4v) is 5.16. The van der Waals surface area contributed by atoms with Crippen LogP contribution >= 0.6 is 11.3 Å². The molecule has 34 heavy (non-hydrogen) atoms. The Balaban J connectivity index is 1.41. The van der Waals surface area contributed by atoms with Crippen LogP contribution in [0.15, 0.2) is 40.1 Å². The monoisotopic (exact) mass is 481 g/mol. The third-order valence-corrected chi connectivity index (χ3v) is 7.08. The second kappa shape index (κ2) is 10.4. The molecule has 2 aromatic heterocycles. The van der Waals surface area contributed by atoms with E-state index >= 15 is 0 Å². The first kappa shape index (κ1) is 24.0. The van der Waals surface area contributed by atoms with Crippen LogP contribution in [0.2, 0.25) is 0 Å². The molecule has 1 amide bonds. The van der Waals surface area contributed by atoms with Gasteiger partial charge in [-0.25, -0.2) is 4.79 Å². The summed E-state index contributed by atoms with van der Waals surface area (Å²) < 4.78 is 11.0. The molecule has 1 saturated heterocycles. The molecular weight excluding hydrogens is 450 g/mol. The van der Waals surface area contributed by atoms with Crippen LogP contribution < -0.4 is 10.2 Å². The average Bonchev–Trinajstić information content (AvgIpc) is 3.42. The van der Waals surface area contributed by atoms with Gasteiger partial charge in [0.05, 0.1) is 13.2 Å². The van der Waals surface area contributed by atoms with Gasteiger partial charge in [-0.15, -0.1) is 11.3 Å². The Kier molecular flexibility index (Phi) is 7.38. The fraction of sp³-hybridized carbons (Fsp3) is 0.385. The van der Waals surface area contributed by atoms with E-state index in [-0.39, 0.29) is 19.1 Å². The number of anilines is 2. The highest BCUT2D eigenvalue weighted by molar-refractivity contribution is 7.15. The van der Waals surface area contributed by atoms with Crippen LogP contribution in [0.4, 0.5) is 10.7 Å². The first-order valence-corrected chi connectivity index (χ1v) is 12.4. The lowest BCUT2D eigenvalue weighted by Gasteiger charge is -2.36. The number of amides is 1. The number of aryl methyl sites for hydroxylation is 2. The standard InChI is InChI=1S/C26H31N3O4S/c1-5-32-26(31)24-20(22-10-9-18(3)33-22)16-34-25(24)27-23(30)15-28-11-13-29(14-12-28)21-8-6-7-17(2)19(21)4/h6-10,16H,5,11-15H2,1-4H3,(H,27,30). The fourth-order valence-electron chi connectivity index (χ4n) is 4.21. The largest absolute Gasteiger partial charge is 0.462 e. The quantitative estimate of drug-likeness (QED) is 0.485. The molecule has 0 atom stereocenters. The Labute approximate surface area is 204 Å². The van der Waals surface area contributed by atoms with Gasteiger partial charge in [0.1, 0.15) is 22.1 Å². The van der Waals surface area contributed by atoms with E-state index in [1.54, 1.807) is 6.92 Å². The molecule has 7 nitrogen and oxygen atoms in total. The van der Waals surface area contributed by atoms with E-state index in [1.165, 1.54) is 28.2 Å². The van der Waals surface area contributed by atoms with E-state index in [9.17, 15) is 9.59 Å². The Morgan fingerprint density at radius 1 is 1.09 bits per heavy atom. The summed E-state index contributed by atoms with van der Waals surface area (Å²) in [7, 11) is 0. The van der Waals surface area contributed by atoms with Gasteiger partial charge in [0.25, 0.3) is 0 Å². The normalized spacial score (nSPS) is 14.3. The van der Waals surface area contributed by atoms with Gasteiger partial charge in [0, 0.05) is 42.8 Å². The number of hydrogen-bond donors (Lipinski definition) is 1. The zero-order valence-corrected chi connectivity index (χ0v) is 21.0. The number of thiophene rings is 1. The second-order valence-electron chi connectivity index (χ2n) is 8.51. The smallest absolute Gasteiger partial charge is 0.341 e. The maximum Gasteiger partial charge on any atom is 0.341 e. The number of carbonyl (C=O) groups is 2. The molecule has 3 heterocycles. The Morgan fingerprint density at radius 2 is 1.85 bits per heavy atom. The number of nitrogens with zero attached hydrogens (tertiary/aromatic N) is 2. The predicted octanol–water partition coefficient (Wildman–Crippen LogP) is 4.87.